The Morgan fingerprint density at radius 1 is 1.43 bits per heavy atom. The first kappa shape index (κ1) is 14.7. The third-order valence-corrected chi connectivity index (χ3v) is 5.67. The van der Waals surface area contributed by atoms with Crippen LogP contribution in [0.25, 0.3) is 0 Å². The molecular formula is C16H21FN2OS. The van der Waals surface area contributed by atoms with Gasteiger partial charge in [-0.05, 0) is 55.9 Å². The molecule has 1 heterocycles. The maximum absolute atomic E-state index is 13.5. The highest BCUT2D eigenvalue weighted by Crippen LogP contribution is 2.37. The van der Waals surface area contributed by atoms with Gasteiger partial charge in [0.25, 0.3) is 0 Å². The number of halogens is 1. The van der Waals surface area contributed by atoms with Gasteiger partial charge in [0, 0.05) is 23.7 Å². The van der Waals surface area contributed by atoms with Crippen LogP contribution in [0.15, 0.2) is 23.1 Å². The molecule has 3 nitrogen and oxygen atoms in total. The molecule has 0 aromatic heterocycles. The Balaban J connectivity index is 1.70. The summed E-state index contributed by atoms with van der Waals surface area (Å²) in [6, 6.07) is 4.98. The van der Waals surface area contributed by atoms with E-state index in [2.05, 4.69) is 12.2 Å². The zero-order valence-corrected chi connectivity index (χ0v) is 13.3. The number of carbonyl (C=O) groups is 1. The predicted octanol–water partition coefficient (Wildman–Crippen LogP) is 3.80. The molecule has 5 heteroatoms. The molecule has 1 aromatic rings. The van der Waals surface area contributed by atoms with Crippen molar-refractivity contribution in [3.05, 3.63) is 29.6 Å². The van der Waals surface area contributed by atoms with E-state index >= 15 is 0 Å². The molecule has 1 aliphatic heterocycles. The second-order valence-electron chi connectivity index (χ2n) is 6.01. The van der Waals surface area contributed by atoms with Gasteiger partial charge in [-0.1, -0.05) is 0 Å². The van der Waals surface area contributed by atoms with Gasteiger partial charge in [0.2, 0.25) is 0 Å². The Kier molecular flexibility index (Phi) is 4.11. The first-order valence-electron chi connectivity index (χ1n) is 7.52. The maximum atomic E-state index is 13.5. The summed E-state index contributed by atoms with van der Waals surface area (Å²) in [5, 5.41) is 3.07. The fourth-order valence-electron chi connectivity index (χ4n) is 2.85. The molecule has 114 valence electrons. The number of hydrogen-bond acceptors (Lipinski definition) is 2. The van der Waals surface area contributed by atoms with Gasteiger partial charge in [0.15, 0.2) is 0 Å². The molecule has 21 heavy (non-hydrogen) atoms. The number of nitrogens with zero attached hydrogens (tertiary/aromatic N) is 1. The van der Waals surface area contributed by atoms with Gasteiger partial charge < -0.3 is 10.2 Å². The number of urea groups is 1. The van der Waals surface area contributed by atoms with Crippen molar-refractivity contribution in [2.75, 3.05) is 12.8 Å². The average molecular weight is 308 g/mol. The molecule has 1 saturated carbocycles. The van der Waals surface area contributed by atoms with Crippen molar-refractivity contribution < 1.29 is 9.18 Å². The lowest BCUT2D eigenvalue weighted by Crippen LogP contribution is -2.45. The molecule has 2 atom stereocenters. The van der Waals surface area contributed by atoms with E-state index in [4.69, 9.17) is 0 Å². The minimum Gasteiger partial charge on any atom is -0.331 e. The van der Waals surface area contributed by atoms with Crippen molar-refractivity contribution in [3.8, 4) is 0 Å². The lowest BCUT2D eigenvalue weighted by molar-refractivity contribution is 0.183. The summed E-state index contributed by atoms with van der Waals surface area (Å²) < 4.78 is 13.5. The van der Waals surface area contributed by atoms with Crippen molar-refractivity contribution in [2.24, 2.45) is 5.92 Å². The van der Waals surface area contributed by atoms with Crippen molar-refractivity contribution in [2.45, 2.75) is 43.2 Å². The van der Waals surface area contributed by atoms with Crippen LogP contribution in [-0.2, 0) is 0 Å². The third-order valence-electron chi connectivity index (χ3n) is 4.54. The molecule has 1 aromatic carbocycles. The molecular weight excluding hydrogens is 287 g/mol. The summed E-state index contributed by atoms with van der Waals surface area (Å²) in [6.07, 6.45) is 3.28. The highest BCUT2D eigenvalue weighted by atomic mass is 32.2. The zero-order valence-electron chi connectivity index (χ0n) is 12.4. The Labute approximate surface area is 129 Å². The fourth-order valence-corrected chi connectivity index (χ4v) is 3.95. The van der Waals surface area contributed by atoms with Crippen molar-refractivity contribution in [1.29, 1.82) is 0 Å². The number of fused-ring (bicyclic) bond motifs is 1. The van der Waals surface area contributed by atoms with E-state index in [1.165, 1.54) is 18.9 Å². The summed E-state index contributed by atoms with van der Waals surface area (Å²) in [5.41, 5.74) is 0.909. The van der Waals surface area contributed by atoms with Crippen molar-refractivity contribution in [1.82, 2.24) is 10.2 Å². The van der Waals surface area contributed by atoms with E-state index in [1.807, 2.05) is 13.1 Å². The maximum Gasteiger partial charge on any atom is 0.317 e. The number of nitrogens with one attached hydrogen (secondary N) is 1. The highest BCUT2D eigenvalue weighted by Gasteiger charge is 2.33. The van der Waals surface area contributed by atoms with Crippen LogP contribution in [0.5, 0.6) is 0 Å². The number of carbonyl (C=O) groups excluding carboxylic acids is 1. The number of benzene rings is 1. The fraction of sp³-hybridized carbons (Fsp3) is 0.562. The molecule has 0 spiro atoms. The van der Waals surface area contributed by atoms with Gasteiger partial charge in [0.05, 0.1) is 6.04 Å². The summed E-state index contributed by atoms with van der Waals surface area (Å²) in [4.78, 5) is 15.3. The molecule has 0 bridgehead atoms. The molecule has 0 saturated heterocycles. The first-order chi connectivity index (χ1) is 10.1. The molecule has 1 fully saturated rings. The highest BCUT2D eigenvalue weighted by molar-refractivity contribution is 7.99. The van der Waals surface area contributed by atoms with E-state index < -0.39 is 0 Å². The molecule has 0 radical (unpaired) electrons. The number of amides is 2. The predicted molar refractivity (Wildman–Crippen MR) is 83.0 cm³/mol. The van der Waals surface area contributed by atoms with Crippen LogP contribution in [0, 0.1) is 11.7 Å². The Morgan fingerprint density at radius 2 is 2.19 bits per heavy atom. The van der Waals surface area contributed by atoms with Gasteiger partial charge in [-0.15, -0.1) is 11.8 Å². The minimum atomic E-state index is -0.241. The number of thioether (sulfide) groups is 1. The van der Waals surface area contributed by atoms with Crippen molar-refractivity contribution in [3.63, 3.8) is 0 Å². The van der Waals surface area contributed by atoms with Gasteiger partial charge in [-0.25, -0.2) is 9.18 Å². The van der Waals surface area contributed by atoms with Crippen LogP contribution in [0.2, 0.25) is 0 Å². The van der Waals surface area contributed by atoms with Crippen LogP contribution in [-0.4, -0.2) is 29.8 Å². The van der Waals surface area contributed by atoms with E-state index in [-0.39, 0.29) is 23.9 Å². The smallest absolute Gasteiger partial charge is 0.317 e. The standard InChI is InChI=1S/C16H21FN2OS/c1-10(11-3-4-11)19(2)16(20)18-14-7-8-21-15-6-5-12(17)9-13(14)15/h5-6,9-11,14H,3-4,7-8H2,1-2H3,(H,18,20). The van der Waals surface area contributed by atoms with Crippen LogP contribution < -0.4 is 5.32 Å². The second kappa shape index (κ2) is 5.87. The van der Waals surface area contributed by atoms with E-state index in [1.54, 1.807) is 22.7 Å². The van der Waals surface area contributed by atoms with E-state index in [9.17, 15) is 9.18 Å². The largest absolute Gasteiger partial charge is 0.331 e. The average Bonchev–Trinajstić information content (AvgIpc) is 3.31. The SMILES string of the molecule is CC(C1CC1)N(C)C(=O)NC1CCSc2ccc(F)cc21. The summed E-state index contributed by atoms with van der Waals surface area (Å²) in [6.45, 7) is 2.10. The molecule has 2 unspecified atom stereocenters. The number of hydrogen-bond donors (Lipinski definition) is 1. The zero-order chi connectivity index (χ0) is 15.0. The topological polar surface area (TPSA) is 32.3 Å². The lowest BCUT2D eigenvalue weighted by Gasteiger charge is -2.30. The van der Waals surface area contributed by atoms with E-state index in [0.717, 1.165) is 22.6 Å². The Morgan fingerprint density at radius 3 is 2.90 bits per heavy atom. The van der Waals surface area contributed by atoms with Crippen LogP contribution >= 0.6 is 11.8 Å². The quantitative estimate of drug-likeness (QED) is 0.921. The van der Waals surface area contributed by atoms with Gasteiger partial charge in [-0.3, -0.25) is 0 Å². The van der Waals surface area contributed by atoms with Crippen LogP contribution in [0.3, 0.4) is 0 Å². The summed E-state index contributed by atoms with van der Waals surface area (Å²) >= 11 is 1.73. The van der Waals surface area contributed by atoms with Gasteiger partial charge in [0.1, 0.15) is 5.82 Å². The Hall–Kier alpha value is -1.23. The number of rotatable bonds is 3. The van der Waals surface area contributed by atoms with Crippen LogP contribution in [0.4, 0.5) is 9.18 Å². The monoisotopic (exact) mass is 308 g/mol. The Bertz CT molecular complexity index is 547. The first-order valence-corrected chi connectivity index (χ1v) is 8.50. The molecule has 3 rings (SSSR count). The van der Waals surface area contributed by atoms with E-state index in [0.29, 0.717) is 5.92 Å². The summed E-state index contributed by atoms with van der Waals surface area (Å²) in [5.74, 6) is 1.36. The third kappa shape index (κ3) is 3.18. The van der Waals surface area contributed by atoms with Gasteiger partial charge in [-0.2, -0.15) is 0 Å². The molecule has 2 aliphatic rings. The minimum absolute atomic E-state index is 0.0542. The molecule has 1 N–H and O–H groups in total. The van der Waals surface area contributed by atoms with Gasteiger partial charge >= 0.3 is 6.03 Å². The van der Waals surface area contributed by atoms with Crippen LogP contribution in [0.1, 0.15) is 37.8 Å². The molecule has 2 amide bonds. The second-order valence-corrected chi connectivity index (χ2v) is 7.15. The summed E-state index contributed by atoms with van der Waals surface area (Å²) in [7, 11) is 1.85. The van der Waals surface area contributed by atoms with Crippen molar-refractivity contribution >= 4 is 17.8 Å². The lowest BCUT2D eigenvalue weighted by atomic mass is 10.0. The molecule has 1 aliphatic carbocycles. The normalized spacial score (nSPS) is 22.3.